The SMILES string of the molecule is CCCCCCCCCCCCCCCCCCCCCCCCCCCCCCCC/C=C/C(O)C(COC1OC(CO)C(OC2OC(CO)C(OC3OC(CO)C(O)C(O)C3O)C(O)C2O)C(O)C1O)NC(=O)CCCCCCC. The Bertz CT molecular complexity index is 1550. The molecule has 0 saturated carbocycles. The van der Waals surface area contributed by atoms with E-state index >= 15 is 0 Å². The number of carbonyl (C=O) groups excluding carboxylic acids is 1. The Balaban J connectivity index is 1.31. The van der Waals surface area contributed by atoms with Gasteiger partial charge in [0.05, 0.1) is 38.6 Å². The molecule has 3 rings (SSSR count). The minimum Gasteiger partial charge on any atom is -0.394 e. The van der Waals surface area contributed by atoms with Gasteiger partial charge in [0.15, 0.2) is 18.9 Å². The second-order valence-corrected chi connectivity index (χ2v) is 23.9. The average molecular weight is 1180 g/mol. The quantitative estimate of drug-likeness (QED) is 0.0210. The van der Waals surface area contributed by atoms with E-state index in [1.807, 2.05) is 6.08 Å². The number of allylic oxidation sites excluding steroid dienone is 1. The minimum absolute atomic E-state index is 0.241. The molecular weight excluding hydrogens is 1060 g/mol. The Labute approximate surface area is 493 Å². The second kappa shape index (κ2) is 46.7. The summed E-state index contributed by atoms with van der Waals surface area (Å²) in [7, 11) is 0. The summed E-state index contributed by atoms with van der Waals surface area (Å²) in [6.07, 6.45) is 23.0. The van der Waals surface area contributed by atoms with Crippen molar-refractivity contribution in [3.05, 3.63) is 12.2 Å². The number of hydrogen-bond acceptors (Lipinski definition) is 18. The first-order valence-electron chi connectivity index (χ1n) is 32.9. The van der Waals surface area contributed by atoms with Gasteiger partial charge in [-0.2, -0.15) is 0 Å². The number of amides is 1. The lowest BCUT2D eigenvalue weighted by atomic mass is 9.96. The van der Waals surface area contributed by atoms with Crippen molar-refractivity contribution in [2.45, 2.75) is 356 Å². The van der Waals surface area contributed by atoms with E-state index in [1.54, 1.807) is 6.08 Å². The van der Waals surface area contributed by atoms with Crippen molar-refractivity contribution in [3.8, 4) is 0 Å². The number of aliphatic hydroxyl groups excluding tert-OH is 11. The molecule has 0 aromatic rings. The summed E-state index contributed by atoms with van der Waals surface area (Å²) in [4.78, 5) is 13.1. The van der Waals surface area contributed by atoms with Gasteiger partial charge < -0.3 is 89.9 Å². The van der Waals surface area contributed by atoms with Crippen LogP contribution >= 0.6 is 0 Å². The highest BCUT2D eigenvalue weighted by atomic mass is 16.8. The number of hydrogen-bond donors (Lipinski definition) is 12. The molecule has 0 aromatic carbocycles. The van der Waals surface area contributed by atoms with Gasteiger partial charge >= 0.3 is 0 Å². The second-order valence-electron chi connectivity index (χ2n) is 23.9. The van der Waals surface area contributed by atoms with Gasteiger partial charge in [-0.15, -0.1) is 0 Å². The topological polar surface area (TPSA) is 307 Å². The molecule has 0 radical (unpaired) electrons. The van der Waals surface area contributed by atoms with Crippen LogP contribution in [-0.4, -0.2) is 193 Å². The Morgan fingerprint density at radius 2 is 0.756 bits per heavy atom. The van der Waals surface area contributed by atoms with Gasteiger partial charge in [0.25, 0.3) is 0 Å². The van der Waals surface area contributed by atoms with Crippen LogP contribution in [0.4, 0.5) is 0 Å². The lowest BCUT2D eigenvalue weighted by molar-refractivity contribution is -0.379. The molecule has 19 nitrogen and oxygen atoms in total. The Hall–Kier alpha value is -1.47. The summed E-state index contributed by atoms with van der Waals surface area (Å²) in [6, 6.07) is -0.965. The predicted molar refractivity (Wildman–Crippen MR) is 314 cm³/mol. The van der Waals surface area contributed by atoms with E-state index in [4.69, 9.17) is 28.4 Å². The largest absolute Gasteiger partial charge is 0.394 e. The molecule has 82 heavy (non-hydrogen) atoms. The molecule has 3 fully saturated rings. The molecule has 1 amide bonds. The maximum atomic E-state index is 13.1. The first kappa shape index (κ1) is 74.8. The standard InChI is InChI=1S/C63H119NO18/c1-3-5-7-9-10-11-12-13-14-15-16-17-18-19-20-21-22-23-24-25-26-27-28-29-30-31-32-33-34-35-37-38-40-47(68)46(64-51(69)41-39-36-8-6-4-2)45-77-61-57(75)54(72)59(49(43-66)79-61)82-63-58(76)55(73)60(50(44-67)80-63)81-62-56(74)53(71)52(70)48(42-65)78-62/h38,40,46-50,52-63,65-68,70-76H,3-37,39,41-45H2,1-2H3,(H,64,69)/b40-38+. The van der Waals surface area contributed by atoms with Gasteiger partial charge in [0.2, 0.25) is 5.91 Å². The van der Waals surface area contributed by atoms with Crippen LogP contribution < -0.4 is 5.32 Å². The van der Waals surface area contributed by atoms with Crippen molar-refractivity contribution >= 4 is 5.91 Å². The molecule has 484 valence electrons. The molecule has 3 saturated heterocycles. The average Bonchev–Trinajstić information content (AvgIpc) is 3.54. The zero-order valence-corrected chi connectivity index (χ0v) is 50.7. The molecule has 0 spiro atoms. The Kier molecular flexibility index (Phi) is 42.5. The van der Waals surface area contributed by atoms with E-state index in [2.05, 4.69) is 19.2 Å². The third-order valence-corrected chi connectivity index (χ3v) is 16.8. The van der Waals surface area contributed by atoms with Crippen LogP contribution in [0.2, 0.25) is 0 Å². The van der Waals surface area contributed by atoms with Gasteiger partial charge in [-0.1, -0.05) is 238 Å². The van der Waals surface area contributed by atoms with Crippen molar-refractivity contribution in [2.75, 3.05) is 26.4 Å². The smallest absolute Gasteiger partial charge is 0.220 e. The highest BCUT2D eigenvalue weighted by Gasteiger charge is 2.53. The molecule has 0 aliphatic carbocycles. The summed E-state index contributed by atoms with van der Waals surface area (Å²) in [5, 5.41) is 120. The summed E-state index contributed by atoms with van der Waals surface area (Å²) < 4.78 is 34.1. The number of ether oxygens (including phenoxy) is 6. The van der Waals surface area contributed by atoms with Crippen LogP contribution in [0.1, 0.15) is 251 Å². The fourth-order valence-corrected chi connectivity index (χ4v) is 11.4. The maximum Gasteiger partial charge on any atom is 0.220 e. The first-order chi connectivity index (χ1) is 39.8. The fourth-order valence-electron chi connectivity index (χ4n) is 11.4. The van der Waals surface area contributed by atoms with E-state index in [9.17, 15) is 61.0 Å². The van der Waals surface area contributed by atoms with Gasteiger partial charge in [0, 0.05) is 6.42 Å². The van der Waals surface area contributed by atoms with Crippen molar-refractivity contribution in [1.82, 2.24) is 5.32 Å². The van der Waals surface area contributed by atoms with E-state index in [1.165, 1.54) is 173 Å². The normalized spacial score (nSPS) is 29.6. The van der Waals surface area contributed by atoms with Crippen molar-refractivity contribution < 1.29 is 89.4 Å². The van der Waals surface area contributed by atoms with Gasteiger partial charge in [-0.25, -0.2) is 0 Å². The van der Waals surface area contributed by atoms with Crippen LogP contribution in [0.3, 0.4) is 0 Å². The lowest BCUT2D eigenvalue weighted by Crippen LogP contribution is -2.66. The molecule has 3 aliphatic rings. The van der Waals surface area contributed by atoms with Gasteiger partial charge in [0.1, 0.15) is 73.2 Å². The van der Waals surface area contributed by atoms with Crippen molar-refractivity contribution in [3.63, 3.8) is 0 Å². The molecule has 19 heteroatoms. The third kappa shape index (κ3) is 29.5. The van der Waals surface area contributed by atoms with Crippen LogP contribution in [0.15, 0.2) is 12.2 Å². The zero-order chi connectivity index (χ0) is 59.7. The molecule has 3 heterocycles. The molecule has 12 N–H and O–H groups in total. The van der Waals surface area contributed by atoms with E-state index in [0.717, 1.165) is 51.4 Å². The molecule has 0 aromatic heterocycles. The highest BCUT2D eigenvalue weighted by molar-refractivity contribution is 5.76. The van der Waals surface area contributed by atoms with E-state index in [-0.39, 0.29) is 18.9 Å². The zero-order valence-electron chi connectivity index (χ0n) is 50.7. The first-order valence-corrected chi connectivity index (χ1v) is 32.9. The number of unbranched alkanes of at least 4 members (excludes halogenated alkanes) is 34. The van der Waals surface area contributed by atoms with Gasteiger partial charge in [-0.3, -0.25) is 4.79 Å². The minimum atomic E-state index is -1.97. The van der Waals surface area contributed by atoms with Gasteiger partial charge in [-0.05, 0) is 19.3 Å². The van der Waals surface area contributed by atoms with Crippen molar-refractivity contribution in [1.29, 1.82) is 0 Å². The molecule has 0 bridgehead atoms. The molecular formula is C63H119NO18. The Morgan fingerprint density at radius 1 is 0.427 bits per heavy atom. The van der Waals surface area contributed by atoms with Crippen LogP contribution in [0.5, 0.6) is 0 Å². The lowest BCUT2D eigenvalue weighted by Gasteiger charge is -2.48. The number of aliphatic hydroxyl groups is 11. The summed E-state index contributed by atoms with van der Waals surface area (Å²) in [5.41, 5.74) is 0. The summed E-state index contributed by atoms with van der Waals surface area (Å²) >= 11 is 0. The van der Waals surface area contributed by atoms with Crippen molar-refractivity contribution in [2.24, 2.45) is 0 Å². The van der Waals surface area contributed by atoms with Crippen LogP contribution in [-0.2, 0) is 33.2 Å². The maximum absolute atomic E-state index is 13.1. The number of carbonyl (C=O) groups is 1. The number of nitrogens with one attached hydrogen (secondary N) is 1. The number of rotatable bonds is 50. The van der Waals surface area contributed by atoms with Crippen LogP contribution in [0, 0.1) is 0 Å². The van der Waals surface area contributed by atoms with Crippen LogP contribution in [0.25, 0.3) is 0 Å². The highest BCUT2D eigenvalue weighted by Crippen LogP contribution is 2.33. The summed E-state index contributed by atoms with van der Waals surface area (Å²) in [5.74, 6) is -0.286. The summed E-state index contributed by atoms with van der Waals surface area (Å²) in [6.45, 7) is 1.63. The molecule has 3 aliphatic heterocycles. The predicted octanol–water partition coefficient (Wildman–Crippen LogP) is 7.33. The third-order valence-electron chi connectivity index (χ3n) is 16.8. The molecule has 17 atom stereocenters. The molecule has 17 unspecified atom stereocenters. The Morgan fingerprint density at radius 3 is 1.15 bits per heavy atom. The monoisotopic (exact) mass is 1180 g/mol. The van der Waals surface area contributed by atoms with E-state index < -0.39 is 124 Å². The fraction of sp³-hybridized carbons (Fsp3) is 0.952. The van der Waals surface area contributed by atoms with E-state index in [0.29, 0.717) is 6.42 Å².